The van der Waals surface area contributed by atoms with Crippen molar-refractivity contribution in [2.24, 2.45) is 0 Å². The number of hydrogen-bond acceptors (Lipinski definition) is 4. The Bertz CT molecular complexity index is 583. The van der Waals surface area contributed by atoms with Crippen LogP contribution < -0.4 is 0 Å². The van der Waals surface area contributed by atoms with Gasteiger partial charge >= 0.3 is 6.18 Å². The maximum Gasteiger partial charge on any atom is 0.432 e. The van der Waals surface area contributed by atoms with Gasteiger partial charge in [0.2, 0.25) is 0 Å². The van der Waals surface area contributed by atoms with Crippen LogP contribution >= 0.6 is 0 Å². The second kappa shape index (κ2) is 5.96. The van der Waals surface area contributed by atoms with E-state index < -0.39 is 21.7 Å². The van der Waals surface area contributed by atoms with Crippen LogP contribution in [-0.2, 0) is 16.0 Å². The Morgan fingerprint density at radius 1 is 1.48 bits per heavy atom. The highest BCUT2D eigenvalue weighted by Crippen LogP contribution is 2.30. The van der Waals surface area contributed by atoms with Crippen molar-refractivity contribution in [3.8, 4) is 0 Å². The maximum absolute atomic E-state index is 12.5. The van der Waals surface area contributed by atoms with E-state index in [1.54, 1.807) is 0 Å². The highest BCUT2D eigenvalue weighted by Gasteiger charge is 2.34. The zero-order valence-electron chi connectivity index (χ0n) is 11.7. The molecule has 1 atom stereocenters. The molecule has 21 heavy (non-hydrogen) atoms. The molecule has 5 nitrogen and oxygen atoms in total. The standard InChI is InChI=1S/C12H18F3N3O2S/c1-21(19,20)6-5-18-4-2-3-9(8-18)11-16-7-10(17-11)12(13,14)15/h7,9H,2-6,8H2,1H3,(H,16,17)/t9-/m0/s1. The lowest BCUT2D eigenvalue weighted by Crippen LogP contribution is -2.37. The van der Waals surface area contributed by atoms with Crippen molar-refractivity contribution >= 4 is 9.84 Å². The van der Waals surface area contributed by atoms with Gasteiger partial charge in [-0.05, 0) is 19.4 Å². The summed E-state index contributed by atoms with van der Waals surface area (Å²) < 4.78 is 60.0. The van der Waals surface area contributed by atoms with Gasteiger partial charge in [0, 0.05) is 25.3 Å². The Balaban J connectivity index is 1.99. The first-order valence-corrected chi connectivity index (χ1v) is 8.73. The molecule has 0 unspecified atom stereocenters. The molecular formula is C12H18F3N3O2S. The van der Waals surface area contributed by atoms with Crippen molar-refractivity contribution in [1.82, 2.24) is 14.9 Å². The zero-order chi connectivity index (χ0) is 15.7. The van der Waals surface area contributed by atoms with Crippen LogP contribution in [0.3, 0.4) is 0 Å². The predicted molar refractivity (Wildman–Crippen MR) is 71.7 cm³/mol. The Morgan fingerprint density at radius 3 is 2.76 bits per heavy atom. The molecule has 0 bridgehead atoms. The van der Waals surface area contributed by atoms with E-state index in [0.29, 0.717) is 18.9 Å². The van der Waals surface area contributed by atoms with Gasteiger partial charge in [0.1, 0.15) is 21.4 Å². The number of piperidine rings is 1. The van der Waals surface area contributed by atoms with Crippen LogP contribution in [0.4, 0.5) is 13.2 Å². The third-order valence-corrected chi connectivity index (χ3v) is 4.50. The first-order valence-electron chi connectivity index (χ1n) is 6.67. The lowest BCUT2D eigenvalue weighted by molar-refractivity contribution is -0.141. The Morgan fingerprint density at radius 2 is 2.19 bits per heavy atom. The van der Waals surface area contributed by atoms with Crippen molar-refractivity contribution in [3.05, 3.63) is 17.7 Å². The van der Waals surface area contributed by atoms with E-state index in [0.717, 1.165) is 25.6 Å². The number of aromatic nitrogens is 2. The Labute approximate surface area is 121 Å². The topological polar surface area (TPSA) is 66.1 Å². The lowest BCUT2D eigenvalue weighted by Gasteiger charge is -2.31. The van der Waals surface area contributed by atoms with Gasteiger partial charge in [-0.25, -0.2) is 13.4 Å². The summed E-state index contributed by atoms with van der Waals surface area (Å²) in [7, 11) is -3.03. The quantitative estimate of drug-likeness (QED) is 0.914. The molecule has 1 N–H and O–H groups in total. The average molecular weight is 325 g/mol. The van der Waals surface area contributed by atoms with E-state index >= 15 is 0 Å². The largest absolute Gasteiger partial charge is 0.432 e. The number of aromatic amines is 1. The first kappa shape index (κ1) is 16.3. The number of imidazole rings is 1. The Kier molecular flexibility index (Phi) is 4.62. The summed E-state index contributed by atoms with van der Waals surface area (Å²) in [5.74, 6) is 0.270. The van der Waals surface area contributed by atoms with Gasteiger partial charge in [0.15, 0.2) is 0 Å². The van der Waals surface area contributed by atoms with E-state index in [4.69, 9.17) is 0 Å². The predicted octanol–water partition coefficient (Wildman–Crippen LogP) is 1.65. The summed E-state index contributed by atoms with van der Waals surface area (Å²) in [6.07, 6.45) is -0.867. The van der Waals surface area contributed by atoms with Gasteiger partial charge in [-0.2, -0.15) is 13.2 Å². The summed E-state index contributed by atoms with van der Waals surface area (Å²) in [5.41, 5.74) is -0.842. The fourth-order valence-corrected chi connectivity index (χ4v) is 3.05. The van der Waals surface area contributed by atoms with Gasteiger partial charge in [-0.15, -0.1) is 0 Å². The molecule has 1 aromatic heterocycles. The number of sulfone groups is 1. The SMILES string of the molecule is CS(=O)(=O)CCN1CCC[C@H](c2ncc(C(F)(F)F)[nH]2)C1. The van der Waals surface area contributed by atoms with Crippen LogP contribution in [-0.4, -0.2) is 54.9 Å². The molecule has 0 saturated carbocycles. The maximum atomic E-state index is 12.5. The second-order valence-electron chi connectivity index (χ2n) is 5.45. The summed E-state index contributed by atoms with van der Waals surface area (Å²) in [5, 5.41) is 0. The van der Waals surface area contributed by atoms with Crippen molar-refractivity contribution in [2.75, 3.05) is 31.6 Å². The summed E-state index contributed by atoms with van der Waals surface area (Å²) in [6.45, 7) is 1.70. The fourth-order valence-electron chi connectivity index (χ4n) is 2.46. The first-order chi connectivity index (χ1) is 9.65. The molecule has 0 spiro atoms. The third kappa shape index (κ3) is 4.70. The zero-order valence-corrected chi connectivity index (χ0v) is 12.5. The third-order valence-electron chi connectivity index (χ3n) is 3.57. The number of hydrogen-bond donors (Lipinski definition) is 1. The van der Waals surface area contributed by atoms with Gasteiger partial charge in [-0.1, -0.05) is 0 Å². The molecule has 1 saturated heterocycles. The summed E-state index contributed by atoms with van der Waals surface area (Å²) in [4.78, 5) is 8.13. The van der Waals surface area contributed by atoms with Crippen molar-refractivity contribution in [3.63, 3.8) is 0 Å². The number of likely N-dealkylation sites (tertiary alicyclic amines) is 1. The van der Waals surface area contributed by atoms with Crippen LogP contribution in [0.15, 0.2) is 6.20 Å². The molecule has 0 radical (unpaired) electrons. The summed E-state index contributed by atoms with van der Waals surface area (Å²) in [6, 6.07) is 0. The number of alkyl halides is 3. The normalized spacial score (nSPS) is 21.6. The molecule has 1 aliphatic rings. The van der Waals surface area contributed by atoms with Crippen LogP contribution in [0.1, 0.15) is 30.3 Å². The van der Waals surface area contributed by atoms with Crippen LogP contribution in [0, 0.1) is 0 Å². The molecule has 1 fully saturated rings. The van der Waals surface area contributed by atoms with Crippen molar-refractivity contribution in [2.45, 2.75) is 24.9 Å². The molecule has 1 aromatic rings. The van der Waals surface area contributed by atoms with Crippen molar-refractivity contribution in [1.29, 1.82) is 0 Å². The monoisotopic (exact) mass is 325 g/mol. The fraction of sp³-hybridized carbons (Fsp3) is 0.750. The molecule has 2 heterocycles. The smallest absolute Gasteiger partial charge is 0.338 e. The second-order valence-corrected chi connectivity index (χ2v) is 7.71. The molecule has 0 aromatic carbocycles. The van der Waals surface area contributed by atoms with Crippen LogP contribution in [0.2, 0.25) is 0 Å². The number of nitrogens with one attached hydrogen (secondary N) is 1. The van der Waals surface area contributed by atoms with E-state index in [-0.39, 0.29) is 11.7 Å². The highest BCUT2D eigenvalue weighted by molar-refractivity contribution is 7.90. The molecule has 0 aliphatic carbocycles. The van der Waals surface area contributed by atoms with Crippen molar-refractivity contribution < 1.29 is 21.6 Å². The minimum absolute atomic E-state index is 0.0612. The molecule has 2 rings (SSSR count). The molecule has 120 valence electrons. The van der Waals surface area contributed by atoms with Crippen LogP contribution in [0.25, 0.3) is 0 Å². The molecule has 0 amide bonds. The van der Waals surface area contributed by atoms with E-state index in [9.17, 15) is 21.6 Å². The average Bonchev–Trinajstić information content (AvgIpc) is 2.85. The van der Waals surface area contributed by atoms with E-state index in [1.165, 1.54) is 6.26 Å². The molecule has 9 heteroatoms. The summed E-state index contributed by atoms with van der Waals surface area (Å²) >= 11 is 0. The Hall–Kier alpha value is -1.09. The van der Waals surface area contributed by atoms with Gasteiger partial charge in [-0.3, -0.25) is 0 Å². The van der Waals surface area contributed by atoms with E-state index in [1.807, 2.05) is 4.90 Å². The lowest BCUT2D eigenvalue weighted by atomic mass is 9.97. The number of nitrogens with zero attached hydrogens (tertiary/aromatic N) is 2. The van der Waals surface area contributed by atoms with Gasteiger partial charge < -0.3 is 9.88 Å². The van der Waals surface area contributed by atoms with Gasteiger partial charge in [0.05, 0.1) is 11.9 Å². The number of rotatable bonds is 4. The molecule has 1 aliphatic heterocycles. The minimum atomic E-state index is -4.42. The van der Waals surface area contributed by atoms with Gasteiger partial charge in [0.25, 0.3) is 0 Å². The number of H-pyrrole nitrogens is 1. The highest BCUT2D eigenvalue weighted by atomic mass is 32.2. The van der Waals surface area contributed by atoms with Crippen LogP contribution in [0.5, 0.6) is 0 Å². The molecular weight excluding hydrogens is 307 g/mol. The number of halogens is 3. The van der Waals surface area contributed by atoms with E-state index in [2.05, 4.69) is 9.97 Å². The minimum Gasteiger partial charge on any atom is -0.338 e.